The van der Waals surface area contributed by atoms with Crippen molar-refractivity contribution in [2.45, 2.75) is 0 Å². The van der Waals surface area contributed by atoms with E-state index in [9.17, 15) is 0 Å². The molecule has 0 bridgehead atoms. The molecule has 0 saturated heterocycles. The topological polar surface area (TPSA) is 98.0 Å². The summed E-state index contributed by atoms with van der Waals surface area (Å²) in [6, 6.07) is 0. The first kappa shape index (κ1) is 15.8. The maximum Gasteiger partial charge on any atom is 0.301 e. The van der Waals surface area contributed by atoms with Crippen LogP contribution >= 0.6 is 83.6 Å². The van der Waals surface area contributed by atoms with Gasteiger partial charge < -0.3 is 0 Å². The average molecular weight is 401 g/mol. The summed E-state index contributed by atoms with van der Waals surface area (Å²) >= 11 is 29.1. The second-order valence-corrected chi connectivity index (χ2v) is 15.9. The van der Waals surface area contributed by atoms with Crippen LogP contribution in [0, 0.1) is 5.53 Å². The van der Waals surface area contributed by atoms with Crippen molar-refractivity contribution in [2.75, 3.05) is 0 Å². The SMILES string of the molecule is N=NPN=NP1(Cl)=NP(Cl)(Cl)=NP(Cl)(Cl)=N1. The molecular formula is H2Cl5N7P4. The Kier molecular flexibility index (Phi) is 5.76. The van der Waals surface area contributed by atoms with E-state index in [2.05, 4.69) is 28.2 Å². The molecule has 1 N–H and O–H groups in total. The Hall–Kier alpha value is 1.77. The summed E-state index contributed by atoms with van der Waals surface area (Å²) in [5, 5.41) is 0. The van der Waals surface area contributed by atoms with Gasteiger partial charge in [0.25, 0.3) is 11.8 Å². The minimum atomic E-state index is -3.11. The summed E-state index contributed by atoms with van der Waals surface area (Å²) in [5.41, 5.74) is 6.52. The van der Waals surface area contributed by atoms with E-state index >= 15 is 0 Å². The van der Waals surface area contributed by atoms with E-state index in [1.54, 1.807) is 0 Å². The van der Waals surface area contributed by atoms with E-state index in [-0.39, 0.29) is 0 Å². The van der Waals surface area contributed by atoms with Gasteiger partial charge in [-0.3, -0.25) is 0 Å². The van der Waals surface area contributed by atoms with Crippen molar-refractivity contribution in [1.82, 2.24) is 0 Å². The van der Waals surface area contributed by atoms with E-state index < -0.39 is 27.4 Å². The van der Waals surface area contributed by atoms with Crippen molar-refractivity contribution in [3.05, 3.63) is 0 Å². The average Bonchev–Trinajstić information content (AvgIpc) is 1.96. The fourth-order valence-corrected chi connectivity index (χ4v) is 17.6. The molecule has 0 aromatic carbocycles. The van der Waals surface area contributed by atoms with Crippen LogP contribution in [0.25, 0.3) is 0 Å². The highest BCUT2D eigenvalue weighted by atomic mass is 35.9. The molecule has 0 saturated carbocycles. The molecule has 0 aromatic heterocycles. The molecule has 1 rings (SSSR count). The van der Waals surface area contributed by atoms with Gasteiger partial charge in [-0.2, -0.15) is 18.4 Å². The quantitative estimate of drug-likeness (QED) is 0.366. The van der Waals surface area contributed by atoms with Crippen LogP contribution in [-0.4, -0.2) is 0 Å². The number of halogens is 5. The fourth-order valence-electron chi connectivity index (χ4n) is 0.592. The highest BCUT2D eigenvalue weighted by Crippen LogP contribution is 2.87. The first-order valence-electron chi connectivity index (χ1n) is 3.12. The molecule has 1 aliphatic heterocycles. The lowest BCUT2D eigenvalue weighted by Crippen LogP contribution is -1.66. The predicted octanol–water partition coefficient (Wildman–Crippen LogP) is 8.02. The molecule has 16 heavy (non-hydrogen) atoms. The molecule has 1 aliphatic rings. The zero-order valence-electron chi connectivity index (χ0n) is 6.91. The van der Waals surface area contributed by atoms with E-state index in [1.165, 1.54) is 0 Å². The van der Waals surface area contributed by atoms with Crippen molar-refractivity contribution in [3.63, 3.8) is 0 Å². The second kappa shape index (κ2) is 5.82. The minimum absolute atomic E-state index is 0.421. The van der Waals surface area contributed by atoms with E-state index in [1.807, 2.05) is 0 Å². The van der Waals surface area contributed by atoms with Crippen LogP contribution in [0.1, 0.15) is 0 Å². The van der Waals surface area contributed by atoms with E-state index in [0.717, 1.165) is 0 Å². The van der Waals surface area contributed by atoms with Crippen LogP contribution in [0.4, 0.5) is 0 Å². The smallest absolute Gasteiger partial charge is 0.204 e. The molecule has 0 aliphatic carbocycles. The zero-order chi connectivity index (χ0) is 12.4. The first-order chi connectivity index (χ1) is 7.18. The van der Waals surface area contributed by atoms with E-state index in [4.69, 9.17) is 61.7 Å². The number of nitrogens with zero attached hydrogens (tertiary/aromatic N) is 6. The minimum Gasteiger partial charge on any atom is -0.204 e. The maximum atomic E-state index is 6.52. The molecule has 1 heterocycles. The molecule has 0 spiro atoms. The molecular weight excluding hydrogens is 399 g/mol. The fraction of sp³-hybridized carbons (Fsp3) is 0. The molecule has 0 amide bonds. The van der Waals surface area contributed by atoms with Crippen molar-refractivity contribution < 1.29 is 0 Å². The van der Waals surface area contributed by atoms with Gasteiger partial charge in [-0.15, -0.1) is 9.77 Å². The Labute approximate surface area is 117 Å². The summed E-state index contributed by atoms with van der Waals surface area (Å²) in [6.45, 7) is -3.11. The van der Waals surface area contributed by atoms with Crippen molar-refractivity contribution in [2.24, 2.45) is 28.2 Å². The van der Waals surface area contributed by atoms with Gasteiger partial charge in [0.05, 0.1) is 0 Å². The molecule has 0 radical (unpaired) electrons. The lowest BCUT2D eigenvalue weighted by molar-refractivity contribution is 1.23. The Morgan fingerprint density at radius 2 is 1.50 bits per heavy atom. The number of nitrogens with one attached hydrogen (secondary N) is 1. The number of hydrogen-bond donors (Lipinski definition) is 1. The highest BCUT2D eigenvalue weighted by molar-refractivity contribution is 8.22. The van der Waals surface area contributed by atoms with Crippen molar-refractivity contribution in [3.8, 4) is 0 Å². The lowest BCUT2D eigenvalue weighted by atomic mass is 13.2. The van der Waals surface area contributed by atoms with E-state index in [0.29, 0.717) is 0 Å². The van der Waals surface area contributed by atoms with Crippen LogP contribution in [0.5, 0.6) is 0 Å². The summed E-state index contributed by atoms with van der Waals surface area (Å²) < 4.78 is 11.3. The van der Waals surface area contributed by atoms with Gasteiger partial charge in [0.15, 0.2) is 8.88 Å². The third-order valence-electron chi connectivity index (χ3n) is 0.911. The van der Waals surface area contributed by atoms with Gasteiger partial charge in [-0.25, -0.2) is 5.53 Å². The van der Waals surface area contributed by atoms with Crippen LogP contribution < -0.4 is 0 Å². The Bertz CT molecular complexity index is 469. The molecule has 0 aromatic rings. The van der Waals surface area contributed by atoms with Crippen LogP contribution in [0.15, 0.2) is 28.2 Å². The van der Waals surface area contributed by atoms with Gasteiger partial charge in [0.1, 0.15) is 0 Å². The van der Waals surface area contributed by atoms with Crippen molar-refractivity contribution in [1.29, 1.82) is 5.53 Å². The Balaban J connectivity index is 3.26. The summed E-state index contributed by atoms with van der Waals surface area (Å²) in [7, 11) is -0.421. The Morgan fingerprint density at radius 3 is 2.00 bits per heavy atom. The maximum absolute atomic E-state index is 6.52. The summed E-state index contributed by atoms with van der Waals surface area (Å²) in [5.74, 6) is -6.11. The first-order valence-corrected chi connectivity index (χ1v) is 13.6. The normalized spacial score (nSPS) is 32.1. The van der Waals surface area contributed by atoms with Crippen LogP contribution in [0.2, 0.25) is 0 Å². The monoisotopic (exact) mass is 399 g/mol. The van der Waals surface area contributed by atoms with Gasteiger partial charge in [0, 0.05) is 0 Å². The summed E-state index contributed by atoms with van der Waals surface area (Å²) in [4.78, 5) is 10.1. The molecule has 0 fully saturated rings. The van der Waals surface area contributed by atoms with Gasteiger partial charge >= 0.3 is 6.71 Å². The van der Waals surface area contributed by atoms with Crippen molar-refractivity contribution >= 4 is 83.6 Å². The molecule has 2 atom stereocenters. The molecule has 16 heteroatoms. The number of rotatable bonds is 3. The molecule has 2 unspecified atom stereocenters. The van der Waals surface area contributed by atoms with Gasteiger partial charge in [0.2, 0.25) is 0 Å². The van der Waals surface area contributed by atoms with Crippen LogP contribution in [-0.2, 0) is 0 Å². The third kappa shape index (κ3) is 5.18. The summed E-state index contributed by atoms with van der Waals surface area (Å²) in [6.07, 6.45) is 0. The Morgan fingerprint density at radius 1 is 0.938 bits per heavy atom. The standard InChI is InChI=1S/Cl5H2N7P4/c1-14(2)10-15(3,4)12-16(5,11-14)9-8-13-7-6/h6,13H. The largest absolute Gasteiger partial charge is 0.301 e. The van der Waals surface area contributed by atoms with Gasteiger partial charge in [-0.05, 0) is 56.2 Å². The predicted molar refractivity (Wildman–Crippen MR) is 75.6 cm³/mol. The molecule has 7 nitrogen and oxygen atoms in total. The second-order valence-electron chi connectivity index (χ2n) is 2.08. The zero-order valence-corrected chi connectivity index (χ0v) is 14.4. The van der Waals surface area contributed by atoms with Gasteiger partial charge in [-0.1, -0.05) is 0 Å². The highest BCUT2D eigenvalue weighted by Gasteiger charge is 2.32. The molecule has 92 valence electrons. The number of hydrogen-bond acceptors (Lipinski definition) is 7. The lowest BCUT2D eigenvalue weighted by Gasteiger charge is -2.17. The third-order valence-corrected chi connectivity index (χ3v) is 13.2. The van der Waals surface area contributed by atoms with Crippen LogP contribution in [0.3, 0.4) is 0 Å².